The maximum Gasteiger partial charge on any atom is 0.224 e. The van der Waals surface area contributed by atoms with Crippen LogP contribution < -0.4 is 5.73 Å². The van der Waals surface area contributed by atoms with E-state index in [0.717, 1.165) is 5.75 Å². The number of rotatable bonds is 1. The molecule has 0 spiro atoms. The molecule has 0 radical (unpaired) electrons. The van der Waals surface area contributed by atoms with Crippen LogP contribution in [0.25, 0.3) is 0 Å². The van der Waals surface area contributed by atoms with E-state index in [4.69, 9.17) is 17.3 Å². The van der Waals surface area contributed by atoms with Gasteiger partial charge in [-0.1, -0.05) is 11.8 Å². The topological polar surface area (TPSA) is 51.8 Å². The molecule has 0 aromatic carbocycles. The van der Waals surface area contributed by atoms with Crippen molar-refractivity contribution in [2.75, 3.05) is 11.5 Å². The van der Waals surface area contributed by atoms with Gasteiger partial charge in [-0.3, -0.25) is 0 Å². The van der Waals surface area contributed by atoms with Gasteiger partial charge in [0.05, 0.1) is 5.56 Å². The Hall–Kier alpha value is -0.920. The molecule has 3 nitrogen and oxygen atoms in total. The lowest BCUT2D eigenvalue weighted by atomic mass is 10.3. The maximum atomic E-state index is 5.55. The predicted molar refractivity (Wildman–Crippen MR) is 56.8 cm³/mol. The summed E-state index contributed by atoms with van der Waals surface area (Å²) in [5.74, 6) is 6.75. The lowest BCUT2D eigenvalue weighted by molar-refractivity contribution is 1.16. The largest absolute Gasteiger partial charge is 0.383 e. The van der Waals surface area contributed by atoms with Gasteiger partial charge in [0, 0.05) is 18.4 Å². The van der Waals surface area contributed by atoms with Crippen LogP contribution >= 0.6 is 24.2 Å². The van der Waals surface area contributed by atoms with E-state index in [1.807, 2.05) is 0 Å². The van der Waals surface area contributed by atoms with Crippen LogP contribution in [0.1, 0.15) is 12.0 Å². The first-order chi connectivity index (χ1) is 6.24. The molecule has 1 heterocycles. The number of aromatic nitrogens is 2. The number of hydrogen-bond donors (Lipinski definition) is 2. The van der Waals surface area contributed by atoms with Gasteiger partial charge in [-0.15, -0.1) is 0 Å². The van der Waals surface area contributed by atoms with Crippen LogP contribution in [-0.2, 0) is 0 Å². The van der Waals surface area contributed by atoms with E-state index in [0.29, 0.717) is 17.8 Å². The molecule has 5 heteroatoms. The van der Waals surface area contributed by atoms with E-state index in [1.54, 1.807) is 0 Å². The molecule has 0 amide bonds. The van der Waals surface area contributed by atoms with Gasteiger partial charge >= 0.3 is 0 Å². The Kier molecular flexibility index (Phi) is 3.87. The third-order valence-electron chi connectivity index (χ3n) is 1.25. The number of nitrogen functional groups attached to an aromatic ring is 1. The van der Waals surface area contributed by atoms with Crippen molar-refractivity contribution in [3.05, 3.63) is 17.0 Å². The van der Waals surface area contributed by atoms with Gasteiger partial charge in [0.2, 0.25) is 5.28 Å². The smallest absolute Gasteiger partial charge is 0.224 e. The normalized spacial score (nSPS) is 9.08. The zero-order valence-corrected chi connectivity index (χ0v) is 8.44. The first-order valence-corrected chi connectivity index (χ1v) is 4.63. The van der Waals surface area contributed by atoms with Gasteiger partial charge in [0.25, 0.3) is 0 Å². The van der Waals surface area contributed by atoms with Crippen LogP contribution in [0, 0.1) is 11.8 Å². The van der Waals surface area contributed by atoms with Crippen LogP contribution in [0.2, 0.25) is 5.28 Å². The molecule has 0 fully saturated rings. The van der Waals surface area contributed by atoms with Crippen molar-refractivity contribution in [1.82, 2.24) is 9.97 Å². The first-order valence-electron chi connectivity index (χ1n) is 3.62. The number of halogens is 1. The monoisotopic (exact) mass is 213 g/mol. The molecule has 1 rings (SSSR count). The van der Waals surface area contributed by atoms with Gasteiger partial charge in [0.1, 0.15) is 5.82 Å². The highest BCUT2D eigenvalue weighted by Gasteiger charge is 1.98. The standard InChI is InChI=1S/C8H8ClN3S/c9-8-11-5-6(7(10)12-8)3-1-2-4-13/h5,13H,2,4H2,(H2,10,11,12). The molecule has 0 unspecified atom stereocenters. The summed E-state index contributed by atoms with van der Waals surface area (Å²) in [6, 6.07) is 0. The van der Waals surface area contributed by atoms with Crippen LogP contribution in [0.15, 0.2) is 6.20 Å². The van der Waals surface area contributed by atoms with Gasteiger partial charge in [-0.25, -0.2) is 4.98 Å². The number of hydrogen-bond acceptors (Lipinski definition) is 4. The second-order valence-corrected chi connectivity index (χ2v) is 3.00. The van der Waals surface area contributed by atoms with Crippen molar-refractivity contribution in [2.45, 2.75) is 6.42 Å². The maximum absolute atomic E-state index is 5.55. The second-order valence-electron chi connectivity index (χ2n) is 2.21. The summed E-state index contributed by atoms with van der Waals surface area (Å²) in [6.07, 6.45) is 2.22. The van der Waals surface area contributed by atoms with Crippen molar-refractivity contribution in [1.29, 1.82) is 0 Å². The Labute approximate surface area is 87.1 Å². The van der Waals surface area contributed by atoms with E-state index in [1.165, 1.54) is 6.20 Å². The number of thiol groups is 1. The molecule has 68 valence electrons. The molecule has 1 aromatic heterocycles. The highest BCUT2D eigenvalue weighted by Crippen LogP contribution is 2.08. The Morgan fingerprint density at radius 3 is 3.00 bits per heavy atom. The molecule has 0 saturated heterocycles. The predicted octanol–water partition coefficient (Wildman–Crippen LogP) is 1.38. The van der Waals surface area contributed by atoms with E-state index in [9.17, 15) is 0 Å². The lowest BCUT2D eigenvalue weighted by Crippen LogP contribution is -1.96. The highest BCUT2D eigenvalue weighted by molar-refractivity contribution is 7.80. The minimum atomic E-state index is 0.136. The summed E-state index contributed by atoms with van der Waals surface area (Å²) in [7, 11) is 0. The van der Waals surface area contributed by atoms with Crippen LogP contribution in [0.3, 0.4) is 0 Å². The zero-order valence-electron chi connectivity index (χ0n) is 6.79. The zero-order chi connectivity index (χ0) is 9.68. The van der Waals surface area contributed by atoms with Gasteiger partial charge in [0.15, 0.2) is 0 Å². The van der Waals surface area contributed by atoms with Gasteiger partial charge < -0.3 is 5.73 Å². The van der Waals surface area contributed by atoms with E-state index in [2.05, 4.69) is 34.4 Å². The van der Waals surface area contributed by atoms with Crippen LogP contribution in [0.5, 0.6) is 0 Å². The minimum absolute atomic E-state index is 0.136. The first kappa shape index (κ1) is 10.2. The van der Waals surface area contributed by atoms with Crippen LogP contribution in [0.4, 0.5) is 5.82 Å². The average molecular weight is 214 g/mol. The number of nitrogens with two attached hydrogens (primary N) is 1. The van der Waals surface area contributed by atoms with Crippen molar-refractivity contribution in [2.24, 2.45) is 0 Å². The van der Waals surface area contributed by atoms with Gasteiger partial charge in [-0.2, -0.15) is 17.6 Å². The Bertz CT molecular complexity index is 356. The Morgan fingerprint density at radius 1 is 1.62 bits per heavy atom. The lowest BCUT2D eigenvalue weighted by Gasteiger charge is -1.95. The molecule has 0 aliphatic heterocycles. The molecular formula is C8H8ClN3S. The fraction of sp³-hybridized carbons (Fsp3) is 0.250. The summed E-state index contributed by atoms with van der Waals surface area (Å²) in [4.78, 5) is 7.53. The summed E-state index contributed by atoms with van der Waals surface area (Å²) in [6.45, 7) is 0. The molecule has 0 atom stereocenters. The summed E-state index contributed by atoms with van der Waals surface area (Å²) in [5.41, 5.74) is 6.15. The molecule has 13 heavy (non-hydrogen) atoms. The fourth-order valence-electron chi connectivity index (χ4n) is 0.682. The molecule has 0 saturated carbocycles. The van der Waals surface area contributed by atoms with Crippen molar-refractivity contribution in [3.63, 3.8) is 0 Å². The fourth-order valence-corrected chi connectivity index (χ4v) is 0.934. The Balaban J connectivity index is 2.85. The van der Waals surface area contributed by atoms with Crippen molar-refractivity contribution in [3.8, 4) is 11.8 Å². The third-order valence-corrected chi connectivity index (χ3v) is 1.65. The van der Waals surface area contributed by atoms with E-state index < -0.39 is 0 Å². The highest BCUT2D eigenvalue weighted by atomic mass is 35.5. The van der Waals surface area contributed by atoms with E-state index >= 15 is 0 Å². The SMILES string of the molecule is Nc1nc(Cl)ncc1C#CCCS. The molecule has 0 aliphatic rings. The average Bonchev–Trinajstić information content (AvgIpc) is 2.09. The molecule has 2 N–H and O–H groups in total. The van der Waals surface area contributed by atoms with Crippen LogP contribution in [-0.4, -0.2) is 15.7 Å². The molecule has 0 aliphatic carbocycles. The van der Waals surface area contributed by atoms with Gasteiger partial charge in [-0.05, 0) is 11.6 Å². The van der Waals surface area contributed by atoms with Crippen molar-refractivity contribution >= 4 is 30.0 Å². The van der Waals surface area contributed by atoms with Crippen molar-refractivity contribution < 1.29 is 0 Å². The molecule has 1 aromatic rings. The second kappa shape index (κ2) is 4.95. The third kappa shape index (κ3) is 3.13. The minimum Gasteiger partial charge on any atom is -0.383 e. The number of anilines is 1. The molecular weight excluding hydrogens is 206 g/mol. The van der Waals surface area contributed by atoms with E-state index in [-0.39, 0.29) is 5.28 Å². The Morgan fingerprint density at radius 2 is 2.38 bits per heavy atom. The number of nitrogens with zero attached hydrogens (tertiary/aromatic N) is 2. The summed E-state index contributed by atoms with van der Waals surface area (Å²) >= 11 is 9.54. The summed E-state index contributed by atoms with van der Waals surface area (Å²) in [5, 5.41) is 0.136. The summed E-state index contributed by atoms with van der Waals surface area (Å²) < 4.78 is 0. The molecule has 0 bridgehead atoms. The quantitative estimate of drug-likeness (QED) is 0.421.